The monoisotopic (exact) mass is 493 g/mol. The molecule has 1 aromatic carbocycles. The van der Waals surface area contributed by atoms with E-state index in [0.29, 0.717) is 31.2 Å². The second kappa shape index (κ2) is 9.63. The van der Waals surface area contributed by atoms with Crippen LogP contribution < -0.4 is 14.8 Å². The number of likely N-dealkylation sites (tertiary alicyclic amines) is 1. The predicted molar refractivity (Wildman–Crippen MR) is 133 cm³/mol. The number of pyridine rings is 2. The minimum Gasteiger partial charge on any atom is -0.481 e. The molecule has 2 amide bonds. The molecule has 1 aliphatic heterocycles. The topological polar surface area (TPSA) is 114 Å². The van der Waals surface area contributed by atoms with Crippen LogP contribution in [0.1, 0.15) is 23.1 Å². The molecule has 35 heavy (non-hydrogen) atoms. The summed E-state index contributed by atoms with van der Waals surface area (Å²) in [5.41, 5.74) is 5.48. The molecule has 2 aromatic heterocycles. The molecule has 1 aliphatic carbocycles. The van der Waals surface area contributed by atoms with Crippen molar-refractivity contribution < 1.29 is 17.9 Å². The van der Waals surface area contributed by atoms with Gasteiger partial charge in [0, 0.05) is 49.9 Å². The Hall–Kier alpha value is -3.50. The summed E-state index contributed by atoms with van der Waals surface area (Å²) in [5.74, 6) is 0.460. The molecule has 3 heterocycles. The molecule has 0 unspecified atom stereocenters. The SMILES string of the molecule is COc1cc(-c2ccc3c(c2NC(=O)NS(=O)(=O)C2CN(Cc4cccnc4)C2)CCC3)ccn1. The van der Waals surface area contributed by atoms with Crippen LogP contribution in [-0.2, 0) is 29.4 Å². The van der Waals surface area contributed by atoms with E-state index in [1.54, 1.807) is 31.8 Å². The minimum absolute atomic E-state index is 0.361. The van der Waals surface area contributed by atoms with Crippen molar-refractivity contribution in [2.24, 2.45) is 0 Å². The van der Waals surface area contributed by atoms with Gasteiger partial charge in [-0.15, -0.1) is 0 Å². The number of fused-ring (bicyclic) bond motifs is 1. The van der Waals surface area contributed by atoms with E-state index >= 15 is 0 Å². The van der Waals surface area contributed by atoms with E-state index in [0.717, 1.165) is 47.1 Å². The van der Waals surface area contributed by atoms with Crippen LogP contribution in [0.25, 0.3) is 11.1 Å². The third kappa shape index (κ3) is 4.98. The molecule has 9 nitrogen and oxygen atoms in total. The maximum absolute atomic E-state index is 12.9. The first kappa shape index (κ1) is 23.3. The fraction of sp³-hybridized carbons (Fsp3) is 0.320. The van der Waals surface area contributed by atoms with E-state index < -0.39 is 21.3 Å². The molecule has 0 spiro atoms. The molecule has 1 fully saturated rings. The first-order valence-corrected chi connectivity index (χ1v) is 13.1. The number of rotatable bonds is 7. The summed E-state index contributed by atoms with van der Waals surface area (Å²) in [6.45, 7) is 1.35. The number of amides is 2. The van der Waals surface area contributed by atoms with Crippen LogP contribution in [-0.4, -0.2) is 54.8 Å². The van der Waals surface area contributed by atoms with Gasteiger partial charge >= 0.3 is 6.03 Å². The molecule has 5 rings (SSSR count). The normalized spacial score (nSPS) is 15.8. The van der Waals surface area contributed by atoms with Gasteiger partial charge in [0.1, 0.15) is 5.25 Å². The van der Waals surface area contributed by atoms with Crippen LogP contribution >= 0.6 is 0 Å². The molecular weight excluding hydrogens is 466 g/mol. The van der Waals surface area contributed by atoms with Gasteiger partial charge in [-0.05, 0) is 53.6 Å². The highest BCUT2D eigenvalue weighted by atomic mass is 32.2. The first-order valence-electron chi connectivity index (χ1n) is 11.5. The number of anilines is 1. The Morgan fingerprint density at radius 3 is 2.80 bits per heavy atom. The summed E-state index contributed by atoms with van der Waals surface area (Å²) in [6.07, 6.45) is 7.85. The number of benzene rings is 1. The van der Waals surface area contributed by atoms with E-state index in [9.17, 15) is 13.2 Å². The summed E-state index contributed by atoms with van der Waals surface area (Å²) >= 11 is 0. The van der Waals surface area contributed by atoms with Crippen molar-refractivity contribution in [3.05, 3.63) is 71.7 Å². The van der Waals surface area contributed by atoms with E-state index in [4.69, 9.17) is 4.74 Å². The van der Waals surface area contributed by atoms with Gasteiger partial charge in [-0.1, -0.05) is 18.2 Å². The Morgan fingerprint density at radius 1 is 1.17 bits per heavy atom. The van der Waals surface area contributed by atoms with Crippen LogP contribution in [0.5, 0.6) is 5.88 Å². The zero-order valence-corrected chi connectivity index (χ0v) is 20.2. The van der Waals surface area contributed by atoms with Crippen molar-refractivity contribution in [2.45, 2.75) is 31.1 Å². The highest BCUT2D eigenvalue weighted by Gasteiger charge is 2.38. The lowest BCUT2D eigenvalue weighted by molar-refractivity contribution is 0.175. The van der Waals surface area contributed by atoms with Crippen molar-refractivity contribution in [3.8, 4) is 17.0 Å². The summed E-state index contributed by atoms with van der Waals surface area (Å²) in [7, 11) is -2.27. The Morgan fingerprint density at radius 2 is 2.03 bits per heavy atom. The molecule has 0 atom stereocenters. The van der Waals surface area contributed by atoms with Crippen molar-refractivity contribution in [2.75, 3.05) is 25.5 Å². The molecule has 182 valence electrons. The van der Waals surface area contributed by atoms with Crippen LogP contribution in [0.15, 0.2) is 55.0 Å². The van der Waals surface area contributed by atoms with E-state index in [2.05, 4.69) is 26.1 Å². The number of nitrogens with one attached hydrogen (secondary N) is 2. The number of urea groups is 1. The average molecular weight is 494 g/mol. The number of carbonyl (C=O) groups is 1. The van der Waals surface area contributed by atoms with Crippen LogP contribution in [0.4, 0.5) is 10.5 Å². The molecule has 3 aromatic rings. The molecule has 1 saturated heterocycles. The maximum Gasteiger partial charge on any atom is 0.332 e. The summed E-state index contributed by atoms with van der Waals surface area (Å²) in [6, 6.07) is 10.7. The number of hydrogen-bond donors (Lipinski definition) is 2. The van der Waals surface area contributed by atoms with Crippen LogP contribution in [0.3, 0.4) is 0 Å². The quantitative estimate of drug-likeness (QED) is 0.520. The van der Waals surface area contributed by atoms with Crippen molar-refractivity contribution in [1.82, 2.24) is 19.6 Å². The number of aromatic nitrogens is 2. The number of aryl methyl sites for hydroxylation is 1. The van der Waals surface area contributed by atoms with Gasteiger partial charge in [-0.2, -0.15) is 0 Å². The lowest BCUT2D eigenvalue weighted by Crippen LogP contribution is -2.58. The Kier molecular flexibility index (Phi) is 6.40. The van der Waals surface area contributed by atoms with Gasteiger partial charge in [-0.3, -0.25) is 9.88 Å². The van der Waals surface area contributed by atoms with Gasteiger partial charge in [0.15, 0.2) is 0 Å². The smallest absolute Gasteiger partial charge is 0.332 e. The van der Waals surface area contributed by atoms with E-state index in [1.165, 1.54) is 0 Å². The second-order valence-electron chi connectivity index (χ2n) is 8.84. The minimum atomic E-state index is -3.82. The van der Waals surface area contributed by atoms with Gasteiger partial charge in [-0.25, -0.2) is 22.9 Å². The molecule has 2 N–H and O–H groups in total. The van der Waals surface area contributed by atoms with Gasteiger partial charge < -0.3 is 10.1 Å². The van der Waals surface area contributed by atoms with Crippen LogP contribution in [0.2, 0.25) is 0 Å². The van der Waals surface area contributed by atoms with E-state index in [1.807, 2.05) is 29.2 Å². The van der Waals surface area contributed by atoms with Crippen molar-refractivity contribution in [3.63, 3.8) is 0 Å². The summed E-state index contributed by atoms with van der Waals surface area (Å²) in [5, 5.41) is 2.20. The Labute approximate surface area is 204 Å². The largest absolute Gasteiger partial charge is 0.481 e. The van der Waals surface area contributed by atoms with Gasteiger partial charge in [0.05, 0.1) is 12.8 Å². The van der Waals surface area contributed by atoms with Crippen molar-refractivity contribution in [1.29, 1.82) is 0 Å². The summed E-state index contributed by atoms with van der Waals surface area (Å²) in [4.78, 5) is 23.1. The van der Waals surface area contributed by atoms with Crippen LogP contribution in [0, 0.1) is 0 Å². The van der Waals surface area contributed by atoms with Gasteiger partial charge in [0.25, 0.3) is 0 Å². The Balaban J connectivity index is 1.29. The standard InChI is InChI=1S/C25H27N5O4S/c1-34-23-12-19(9-11-27-23)22-8-7-18-5-2-6-21(18)24(22)28-25(31)29-35(32,33)20-15-30(16-20)14-17-4-3-10-26-13-17/h3-4,7-13,20H,2,5-6,14-16H2,1H3,(H2,28,29,31). The number of hydrogen-bond acceptors (Lipinski definition) is 7. The highest BCUT2D eigenvalue weighted by molar-refractivity contribution is 7.90. The molecule has 0 saturated carbocycles. The maximum atomic E-state index is 12.9. The van der Waals surface area contributed by atoms with Gasteiger partial charge in [0.2, 0.25) is 15.9 Å². The fourth-order valence-electron chi connectivity index (χ4n) is 4.69. The zero-order valence-electron chi connectivity index (χ0n) is 19.4. The zero-order chi connectivity index (χ0) is 24.4. The Bertz CT molecular complexity index is 1340. The lowest BCUT2D eigenvalue weighted by atomic mass is 9.98. The van der Waals surface area contributed by atoms with E-state index in [-0.39, 0.29) is 0 Å². The molecule has 2 aliphatic rings. The summed E-state index contributed by atoms with van der Waals surface area (Å²) < 4.78 is 33.2. The fourth-order valence-corrected chi connectivity index (χ4v) is 5.98. The number of methoxy groups -OCH3 is 1. The highest BCUT2D eigenvalue weighted by Crippen LogP contribution is 2.38. The number of ether oxygens (including phenoxy) is 1. The average Bonchev–Trinajstić information content (AvgIpc) is 3.31. The molecule has 0 radical (unpaired) electrons. The van der Waals surface area contributed by atoms with Crippen molar-refractivity contribution >= 4 is 21.7 Å². The molecule has 0 bridgehead atoms. The second-order valence-corrected chi connectivity index (χ2v) is 10.8. The molecular formula is C25H27N5O4S. The third-order valence-corrected chi connectivity index (χ3v) is 8.15. The number of nitrogens with zero attached hydrogens (tertiary/aromatic N) is 3. The first-order chi connectivity index (χ1) is 16.9. The molecule has 10 heteroatoms. The number of sulfonamides is 1. The number of carbonyl (C=O) groups excluding carboxylic acids is 1. The predicted octanol–water partition coefficient (Wildman–Crippen LogP) is 2.98. The third-order valence-electron chi connectivity index (χ3n) is 6.50. The lowest BCUT2D eigenvalue weighted by Gasteiger charge is -2.38.